The number of carbonyl (C=O) groups is 1. The molecule has 1 aromatic carbocycles. The van der Waals surface area contributed by atoms with E-state index in [0.717, 1.165) is 6.07 Å². The van der Waals surface area contributed by atoms with Crippen molar-refractivity contribution in [2.24, 2.45) is 0 Å². The maximum atomic E-state index is 13.3. The van der Waals surface area contributed by atoms with Gasteiger partial charge in [0.05, 0.1) is 17.2 Å². The second-order valence-electron chi connectivity index (χ2n) is 5.02. The van der Waals surface area contributed by atoms with Gasteiger partial charge in [-0.05, 0) is 43.2 Å². The number of aromatic nitrogens is 1. The lowest BCUT2D eigenvalue weighted by Gasteiger charge is -2.15. The molecule has 0 amide bonds. The number of nitrogens with zero attached hydrogens (tertiary/aromatic N) is 1. The second-order valence-corrected chi connectivity index (χ2v) is 5.02. The Hall–Kier alpha value is -2.24. The van der Waals surface area contributed by atoms with Crippen LogP contribution in [-0.2, 0) is 11.0 Å². The van der Waals surface area contributed by atoms with Gasteiger partial charge in [0.2, 0.25) is 0 Å². The van der Waals surface area contributed by atoms with Crippen molar-refractivity contribution in [1.29, 1.82) is 0 Å². The van der Waals surface area contributed by atoms with Crippen molar-refractivity contribution in [3.05, 3.63) is 64.7 Å². The van der Waals surface area contributed by atoms with Crippen molar-refractivity contribution < 1.29 is 22.4 Å². The summed E-state index contributed by atoms with van der Waals surface area (Å²) in [6, 6.07) is 6.22. The largest absolute Gasteiger partial charge is 0.417 e. The molecule has 0 radical (unpaired) electrons. The first kappa shape index (κ1) is 16.1. The van der Waals surface area contributed by atoms with Gasteiger partial charge in [0.15, 0.2) is 0 Å². The van der Waals surface area contributed by atoms with E-state index in [-0.39, 0.29) is 11.5 Å². The Morgan fingerprint density at radius 2 is 1.86 bits per heavy atom. The molecule has 1 aromatic heterocycles. The Balaban J connectivity index is 2.44. The summed E-state index contributed by atoms with van der Waals surface area (Å²) < 4.78 is 51.0. The first-order chi connectivity index (χ1) is 10.2. The smallest absolute Gasteiger partial charge is 0.299 e. The first-order valence-corrected chi connectivity index (χ1v) is 6.50. The van der Waals surface area contributed by atoms with Crippen LogP contribution >= 0.6 is 0 Å². The molecule has 0 aliphatic heterocycles. The molecule has 22 heavy (non-hydrogen) atoms. The summed E-state index contributed by atoms with van der Waals surface area (Å²) in [7, 11) is 0. The molecule has 0 N–H and O–H groups in total. The van der Waals surface area contributed by atoms with E-state index in [1.807, 2.05) is 0 Å². The van der Waals surface area contributed by atoms with Crippen molar-refractivity contribution in [2.45, 2.75) is 25.9 Å². The van der Waals surface area contributed by atoms with Crippen LogP contribution in [0.5, 0.6) is 0 Å². The average molecular weight is 311 g/mol. The van der Waals surface area contributed by atoms with Gasteiger partial charge in [-0.1, -0.05) is 12.1 Å². The molecule has 2 aromatic rings. The molecule has 0 saturated carbocycles. The number of carbonyl (C=O) groups excluding carboxylic acids is 1. The lowest BCUT2D eigenvalue weighted by molar-refractivity contribution is -0.137. The van der Waals surface area contributed by atoms with E-state index in [1.54, 1.807) is 6.92 Å². The number of benzene rings is 1. The standard InChI is InChI=1S/C16H13F4NO/c1-9-7-11(3-5-13(9)17)15(10(2)22)14-6-4-12(8-21-14)16(18,19)20/h3-8,15H,1-2H3. The van der Waals surface area contributed by atoms with Gasteiger partial charge in [0.25, 0.3) is 0 Å². The Bertz CT molecular complexity index is 692. The SMILES string of the molecule is CC(=O)C(c1ccc(F)c(C)c1)c1ccc(C(F)(F)F)cn1. The van der Waals surface area contributed by atoms with E-state index in [0.29, 0.717) is 17.3 Å². The third-order valence-electron chi connectivity index (χ3n) is 3.33. The minimum Gasteiger partial charge on any atom is -0.299 e. The first-order valence-electron chi connectivity index (χ1n) is 6.50. The number of ketones is 1. The summed E-state index contributed by atoms with van der Waals surface area (Å²) in [6.07, 6.45) is -3.79. The maximum Gasteiger partial charge on any atom is 0.417 e. The summed E-state index contributed by atoms with van der Waals surface area (Å²) in [5, 5.41) is 0. The van der Waals surface area contributed by atoms with E-state index in [9.17, 15) is 22.4 Å². The van der Waals surface area contributed by atoms with Gasteiger partial charge >= 0.3 is 6.18 Å². The van der Waals surface area contributed by atoms with Crippen molar-refractivity contribution in [3.8, 4) is 0 Å². The summed E-state index contributed by atoms with van der Waals surface area (Å²) >= 11 is 0. The van der Waals surface area contributed by atoms with Crippen molar-refractivity contribution in [2.75, 3.05) is 0 Å². The Morgan fingerprint density at radius 1 is 1.18 bits per heavy atom. The molecule has 0 spiro atoms. The molecule has 0 fully saturated rings. The van der Waals surface area contributed by atoms with Crippen LogP contribution in [0.2, 0.25) is 0 Å². The summed E-state index contributed by atoms with van der Waals surface area (Å²) in [4.78, 5) is 15.6. The average Bonchev–Trinajstić information content (AvgIpc) is 2.42. The number of hydrogen-bond donors (Lipinski definition) is 0. The van der Waals surface area contributed by atoms with Crippen molar-refractivity contribution in [3.63, 3.8) is 0 Å². The molecule has 0 aliphatic carbocycles. The third-order valence-corrected chi connectivity index (χ3v) is 3.33. The van der Waals surface area contributed by atoms with Crippen LogP contribution in [0.1, 0.15) is 35.2 Å². The Kier molecular flexibility index (Phi) is 4.30. The highest BCUT2D eigenvalue weighted by atomic mass is 19.4. The van der Waals surface area contributed by atoms with Crippen molar-refractivity contribution >= 4 is 5.78 Å². The zero-order valence-corrected chi connectivity index (χ0v) is 11.9. The van der Waals surface area contributed by atoms with Crippen LogP contribution in [0.15, 0.2) is 36.5 Å². The van der Waals surface area contributed by atoms with Gasteiger partial charge in [-0.25, -0.2) is 4.39 Å². The number of rotatable bonds is 3. The molecule has 1 unspecified atom stereocenters. The zero-order chi connectivity index (χ0) is 16.5. The quantitative estimate of drug-likeness (QED) is 0.792. The Labute approximate surface area is 124 Å². The second kappa shape index (κ2) is 5.87. The van der Waals surface area contributed by atoms with Gasteiger partial charge < -0.3 is 0 Å². The highest BCUT2D eigenvalue weighted by Crippen LogP contribution is 2.31. The van der Waals surface area contributed by atoms with Gasteiger partial charge in [0.1, 0.15) is 11.6 Å². The summed E-state index contributed by atoms with van der Waals surface area (Å²) in [5.74, 6) is -1.51. The highest BCUT2D eigenvalue weighted by Gasteiger charge is 2.31. The predicted octanol–water partition coefficient (Wildman–Crippen LogP) is 4.27. The maximum absolute atomic E-state index is 13.3. The van der Waals surface area contributed by atoms with Crippen molar-refractivity contribution in [1.82, 2.24) is 4.98 Å². The summed E-state index contributed by atoms with van der Waals surface area (Å²) in [5.41, 5.74) is 0.176. The van der Waals surface area contributed by atoms with Crippen LogP contribution < -0.4 is 0 Å². The zero-order valence-electron chi connectivity index (χ0n) is 11.9. The van der Waals surface area contributed by atoms with E-state index in [2.05, 4.69) is 4.98 Å². The number of Topliss-reactive ketones (excluding diaryl/α,β-unsaturated/α-hetero) is 1. The third kappa shape index (κ3) is 3.32. The molecule has 1 atom stereocenters. The van der Waals surface area contributed by atoms with Gasteiger partial charge in [-0.2, -0.15) is 13.2 Å². The molecule has 0 aliphatic rings. The number of halogens is 4. The van der Waals surface area contributed by atoms with E-state index >= 15 is 0 Å². The number of aryl methyl sites for hydroxylation is 1. The topological polar surface area (TPSA) is 30.0 Å². The van der Waals surface area contributed by atoms with Gasteiger partial charge in [-0.3, -0.25) is 9.78 Å². The molecule has 6 heteroatoms. The van der Waals surface area contributed by atoms with Crippen LogP contribution in [0.4, 0.5) is 17.6 Å². The van der Waals surface area contributed by atoms with Crippen LogP contribution in [-0.4, -0.2) is 10.8 Å². The molecule has 0 bridgehead atoms. The fourth-order valence-corrected chi connectivity index (χ4v) is 2.20. The predicted molar refractivity (Wildman–Crippen MR) is 72.9 cm³/mol. The fraction of sp³-hybridized carbons (Fsp3) is 0.250. The minimum absolute atomic E-state index is 0.200. The van der Waals surface area contributed by atoms with E-state index in [1.165, 1.54) is 31.2 Å². The molecular formula is C16H13F4NO. The fourth-order valence-electron chi connectivity index (χ4n) is 2.20. The number of hydrogen-bond acceptors (Lipinski definition) is 2. The molecule has 116 valence electrons. The van der Waals surface area contributed by atoms with Gasteiger partial charge in [0, 0.05) is 6.20 Å². The molecule has 2 rings (SSSR count). The minimum atomic E-state index is -4.48. The van der Waals surface area contributed by atoms with Crippen LogP contribution in [0.3, 0.4) is 0 Å². The highest BCUT2D eigenvalue weighted by molar-refractivity contribution is 5.86. The molecule has 1 heterocycles. The molecule has 2 nitrogen and oxygen atoms in total. The number of pyridine rings is 1. The van der Waals surface area contributed by atoms with Crippen LogP contribution in [0, 0.1) is 12.7 Å². The molecule has 0 saturated heterocycles. The normalized spacial score (nSPS) is 13.0. The van der Waals surface area contributed by atoms with Gasteiger partial charge in [-0.15, -0.1) is 0 Å². The monoisotopic (exact) mass is 311 g/mol. The Morgan fingerprint density at radius 3 is 2.32 bits per heavy atom. The van der Waals surface area contributed by atoms with E-state index in [4.69, 9.17) is 0 Å². The van der Waals surface area contributed by atoms with Crippen LogP contribution in [0.25, 0.3) is 0 Å². The summed E-state index contributed by atoms with van der Waals surface area (Å²) in [6.45, 7) is 2.87. The van der Waals surface area contributed by atoms with E-state index < -0.39 is 23.5 Å². The lowest BCUT2D eigenvalue weighted by Crippen LogP contribution is -2.14. The number of alkyl halides is 3. The molecular weight excluding hydrogens is 298 g/mol. The lowest BCUT2D eigenvalue weighted by atomic mass is 9.90.